The lowest BCUT2D eigenvalue weighted by Gasteiger charge is -2.39. The maximum atomic E-state index is 15.4. The molecule has 1 saturated carbocycles. The Bertz CT molecular complexity index is 2050. The van der Waals surface area contributed by atoms with Gasteiger partial charge in [-0.2, -0.15) is 0 Å². The number of aryl methyl sites for hydroxylation is 1. The zero-order chi connectivity index (χ0) is 38.1. The first-order valence-corrected chi connectivity index (χ1v) is 18.7. The summed E-state index contributed by atoms with van der Waals surface area (Å²) in [7, 11) is 0. The quantitative estimate of drug-likeness (QED) is 0.114. The van der Waals surface area contributed by atoms with E-state index >= 15 is 4.39 Å². The Balaban J connectivity index is 0.858. The minimum absolute atomic E-state index is 0.0737. The molecule has 7 rings (SSSR count). The van der Waals surface area contributed by atoms with Gasteiger partial charge in [-0.1, -0.05) is 17.0 Å². The number of carbonyl (C=O) groups excluding carboxylic acids is 1. The van der Waals surface area contributed by atoms with Gasteiger partial charge in [-0.25, -0.2) is 9.18 Å². The molecule has 6 N–H and O–H groups in total. The Morgan fingerprint density at radius 2 is 1.74 bits per heavy atom. The van der Waals surface area contributed by atoms with Crippen molar-refractivity contribution >= 4 is 45.9 Å². The van der Waals surface area contributed by atoms with E-state index in [2.05, 4.69) is 20.5 Å². The number of nitrogens with zero attached hydrogens (tertiary/aromatic N) is 6. The molecule has 54 heavy (non-hydrogen) atoms. The van der Waals surface area contributed by atoms with Crippen LogP contribution in [0.1, 0.15) is 47.8 Å². The second kappa shape index (κ2) is 16.1. The summed E-state index contributed by atoms with van der Waals surface area (Å²) in [6.45, 7) is 2.93. The summed E-state index contributed by atoms with van der Waals surface area (Å²) in [6, 6.07) is 9.81. The molecule has 0 spiro atoms. The minimum Gasteiger partial charge on any atom is -0.477 e. The number of hydrogen-bond donors (Lipinski definition) is 6. The highest BCUT2D eigenvalue weighted by atomic mass is 32.2. The molecule has 1 amide bonds. The van der Waals surface area contributed by atoms with Crippen molar-refractivity contribution in [1.82, 2.24) is 24.5 Å². The lowest BCUT2D eigenvalue weighted by atomic mass is 10.0. The van der Waals surface area contributed by atoms with Crippen molar-refractivity contribution in [1.29, 1.82) is 0 Å². The van der Waals surface area contributed by atoms with Gasteiger partial charge in [-0.15, -0.1) is 5.10 Å². The number of hydrogen-bond acceptors (Lipinski definition) is 13. The number of benzene rings is 2. The van der Waals surface area contributed by atoms with Crippen molar-refractivity contribution in [2.45, 2.75) is 79.6 Å². The molecule has 0 unspecified atom stereocenters. The van der Waals surface area contributed by atoms with Gasteiger partial charge in [0.1, 0.15) is 41.2 Å². The second-order valence-electron chi connectivity index (χ2n) is 13.9. The predicted octanol–water partition coefficient (Wildman–Crippen LogP) is 1.40. The number of carboxylic acids is 1. The van der Waals surface area contributed by atoms with Crippen LogP contribution in [0.15, 0.2) is 58.5 Å². The molecule has 4 aromatic rings. The van der Waals surface area contributed by atoms with Gasteiger partial charge in [-0.05, 0) is 55.7 Å². The fourth-order valence-corrected chi connectivity index (χ4v) is 7.91. The van der Waals surface area contributed by atoms with E-state index < -0.39 is 53.7 Å². The molecule has 288 valence electrons. The number of pyridine rings is 1. The topological polar surface area (TPSA) is 216 Å². The van der Waals surface area contributed by atoms with Crippen LogP contribution in [0, 0.1) is 5.82 Å². The molecule has 2 aromatic carbocycles. The van der Waals surface area contributed by atoms with Gasteiger partial charge in [0.2, 0.25) is 11.3 Å². The molecule has 0 bridgehead atoms. The van der Waals surface area contributed by atoms with E-state index in [0.717, 1.165) is 30.3 Å². The van der Waals surface area contributed by atoms with Crippen LogP contribution in [0.2, 0.25) is 0 Å². The van der Waals surface area contributed by atoms with Crippen LogP contribution in [0.25, 0.3) is 10.9 Å². The summed E-state index contributed by atoms with van der Waals surface area (Å²) in [5.74, 6) is -2.06. The number of fused-ring (bicyclic) bond motifs is 1. The largest absolute Gasteiger partial charge is 0.477 e. The molecule has 0 radical (unpaired) electrons. The number of carbonyl (C=O) groups is 2. The van der Waals surface area contributed by atoms with Gasteiger partial charge in [0.25, 0.3) is 0 Å². The number of piperazine rings is 1. The number of nitrogens with one attached hydrogen (secondary N) is 1. The smallest absolute Gasteiger partial charge is 0.341 e. The number of carboxylic acid groups (broad SMARTS) is 1. The molecule has 18 heteroatoms. The van der Waals surface area contributed by atoms with Crippen LogP contribution in [0.3, 0.4) is 0 Å². The molecule has 2 aromatic heterocycles. The van der Waals surface area contributed by atoms with Crippen molar-refractivity contribution in [2.75, 3.05) is 43.0 Å². The summed E-state index contributed by atoms with van der Waals surface area (Å²) in [4.78, 5) is 41.9. The maximum absolute atomic E-state index is 15.4. The molecule has 5 atom stereocenters. The van der Waals surface area contributed by atoms with E-state index in [1.165, 1.54) is 12.3 Å². The second-order valence-corrected chi connectivity index (χ2v) is 15.0. The molecule has 3 aliphatic rings. The summed E-state index contributed by atoms with van der Waals surface area (Å²) in [5, 5.41) is 60.6. The first kappa shape index (κ1) is 37.9. The Morgan fingerprint density at radius 3 is 2.43 bits per heavy atom. The summed E-state index contributed by atoms with van der Waals surface area (Å²) in [6.07, 6.45) is 0.548. The molecule has 16 nitrogen and oxygen atoms in total. The Morgan fingerprint density at radius 1 is 1.00 bits per heavy atom. The van der Waals surface area contributed by atoms with Crippen LogP contribution < -0.4 is 15.6 Å². The standard InChI is InChI=1S/C36H42FN7O9S/c37-26-14-24-27(44(22-5-6-22)18-25(31(24)47)35(51)52)15-28(26)42-12-10-41(11-13-42)16-21-17-43(40-39-21)9-1-2-30(46)38-20-3-7-23(8-4-20)54-36-34(50)33(49)32(48)29(19-45)53-36/h3-4,7-8,14-15,17-18,22,29,32-34,36,45,48-50H,1-2,5-6,9-13,16,19H2,(H,38,46)(H,51,52)/t29-,32+,33+,34-,36+/m1/s1. The van der Waals surface area contributed by atoms with Gasteiger partial charge in [0.05, 0.1) is 23.5 Å². The zero-order valence-electron chi connectivity index (χ0n) is 29.2. The average Bonchev–Trinajstić information content (AvgIpc) is 3.91. The van der Waals surface area contributed by atoms with E-state index in [1.807, 2.05) is 11.1 Å². The van der Waals surface area contributed by atoms with Crippen LogP contribution in [0.5, 0.6) is 0 Å². The number of aromatic nitrogens is 4. The van der Waals surface area contributed by atoms with Crippen molar-refractivity contribution in [2.24, 2.45) is 0 Å². The van der Waals surface area contributed by atoms with E-state index in [-0.39, 0.29) is 29.3 Å². The Kier molecular flexibility index (Phi) is 11.3. The summed E-state index contributed by atoms with van der Waals surface area (Å²) < 4.78 is 24.4. The first-order chi connectivity index (χ1) is 26.0. The van der Waals surface area contributed by atoms with Crippen LogP contribution in [-0.4, -0.2) is 125 Å². The van der Waals surface area contributed by atoms with Crippen molar-refractivity contribution in [3.05, 3.63) is 76.1 Å². The number of amides is 1. The van der Waals surface area contributed by atoms with E-state index in [1.54, 1.807) is 39.6 Å². The Hall–Kier alpha value is -4.43. The third kappa shape index (κ3) is 8.29. The third-order valence-corrected chi connectivity index (χ3v) is 11.2. The third-order valence-electron chi connectivity index (χ3n) is 9.99. The van der Waals surface area contributed by atoms with E-state index in [9.17, 15) is 39.9 Å². The summed E-state index contributed by atoms with van der Waals surface area (Å²) >= 11 is 1.13. The van der Waals surface area contributed by atoms with Crippen molar-refractivity contribution < 1.29 is 44.2 Å². The van der Waals surface area contributed by atoms with Crippen molar-refractivity contribution in [3.8, 4) is 0 Å². The minimum atomic E-state index is -1.45. The molecular weight excluding hydrogens is 726 g/mol. The van der Waals surface area contributed by atoms with Gasteiger partial charge in [0, 0.05) is 80.1 Å². The number of thioether (sulfide) groups is 1. The number of aliphatic hydroxyl groups is 4. The van der Waals surface area contributed by atoms with Crippen molar-refractivity contribution in [3.63, 3.8) is 0 Å². The van der Waals surface area contributed by atoms with Gasteiger partial charge in [-0.3, -0.25) is 19.2 Å². The first-order valence-electron chi connectivity index (χ1n) is 17.8. The molecule has 2 saturated heterocycles. The highest BCUT2D eigenvalue weighted by Gasteiger charge is 2.43. The summed E-state index contributed by atoms with van der Waals surface area (Å²) in [5.41, 5.74) is 0.348. The zero-order valence-corrected chi connectivity index (χ0v) is 30.0. The van der Waals surface area contributed by atoms with E-state index in [4.69, 9.17) is 4.74 Å². The van der Waals surface area contributed by atoms with Gasteiger partial charge >= 0.3 is 5.97 Å². The highest BCUT2D eigenvalue weighted by molar-refractivity contribution is 7.99. The number of ether oxygens (including phenoxy) is 1. The number of aliphatic hydroxyl groups excluding tert-OH is 4. The molecule has 4 heterocycles. The molecule has 3 fully saturated rings. The normalized spacial score (nSPS) is 23.5. The SMILES string of the molecule is O=C(CCCn1cc(CN2CCN(c3cc4c(cc3F)c(=O)c(C(=O)O)cn4C3CC3)CC2)nn1)Nc1ccc(S[C@@H]2O[C@H](CO)[C@H](O)[C@H](O)[C@H]2O)cc1. The molecular formula is C36H42FN7O9S. The highest BCUT2D eigenvalue weighted by Crippen LogP contribution is 2.38. The molecule has 1 aliphatic carbocycles. The number of aromatic carboxylic acids is 1. The fourth-order valence-electron chi connectivity index (χ4n) is 6.85. The maximum Gasteiger partial charge on any atom is 0.341 e. The molecule has 2 aliphatic heterocycles. The van der Waals surface area contributed by atoms with Crippen LogP contribution >= 0.6 is 11.8 Å². The number of halogens is 1. The predicted molar refractivity (Wildman–Crippen MR) is 195 cm³/mol. The van der Waals surface area contributed by atoms with Crippen LogP contribution in [0.4, 0.5) is 15.8 Å². The lowest BCUT2D eigenvalue weighted by molar-refractivity contribution is -0.205. The number of rotatable bonds is 13. The van der Waals surface area contributed by atoms with Gasteiger partial charge < -0.3 is 45.1 Å². The van der Waals surface area contributed by atoms with Crippen LogP contribution in [-0.2, 0) is 22.6 Å². The van der Waals surface area contributed by atoms with Gasteiger partial charge in [0.15, 0.2) is 0 Å². The lowest BCUT2D eigenvalue weighted by Crippen LogP contribution is -2.57. The van der Waals surface area contributed by atoms with E-state index in [0.29, 0.717) is 67.5 Å². The average molecular weight is 768 g/mol. The number of anilines is 2. The fraction of sp³-hybridized carbons (Fsp3) is 0.472. The monoisotopic (exact) mass is 767 g/mol. The Labute approximate surface area is 312 Å².